The molecule has 0 aliphatic carbocycles. The van der Waals surface area contributed by atoms with E-state index in [9.17, 15) is 4.39 Å². The largest absolute Gasteiger partial charge is 0.456 e. The van der Waals surface area contributed by atoms with Crippen molar-refractivity contribution in [3.63, 3.8) is 0 Å². The lowest BCUT2D eigenvalue weighted by atomic mass is 9.95. The van der Waals surface area contributed by atoms with Crippen molar-refractivity contribution in [3.05, 3.63) is 59.8 Å². The summed E-state index contributed by atoms with van der Waals surface area (Å²) < 4.78 is 22.3. The highest BCUT2D eigenvalue weighted by molar-refractivity contribution is 6.36. The second kappa shape index (κ2) is 9.15. The van der Waals surface area contributed by atoms with Gasteiger partial charge in [-0.25, -0.2) is 14.4 Å². The van der Waals surface area contributed by atoms with Crippen molar-refractivity contribution < 1.29 is 9.13 Å². The number of aromatic nitrogens is 6. The number of fused-ring (bicyclic) bond motifs is 2. The SMILES string of the molecule is Cc1nc2ccc(Oc3ccc4ncc(-c5cnn(CC6CCN(C)C[C@@H]6F)c5)nc4c3Cl)cc2[nH]1. The Morgan fingerprint density at radius 1 is 1.17 bits per heavy atom. The Morgan fingerprint density at radius 3 is 2.89 bits per heavy atom. The van der Waals surface area contributed by atoms with E-state index in [0.717, 1.165) is 35.4 Å². The predicted molar refractivity (Wildman–Crippen MR) is 137 cm³/mol. The van der Waals surface area contributed by atoms with Crippen LogP contribution in [0.1, 0.15) is 12.2 Å². The van der Waals surface area contributed by atoms with Gasteiger partial charge in [0.25, 0.3) is 0 Å². The Morgan fingerprint density at radius 2 is 2.03 bits per heavy atom. The number of hydrogen-bond acceptors (Lipinski definition) is 6. The smallest absolute Gasteiger partial charge is 0.148 e. The van der Waals surface area contributed by atoms with Gasteiger partial charge >= 0.3 is 0 Å². The molecule has 1 N–H and O–H groups in total. The van der Waals surface area contributed by atoms with E-state index in [1.54, 1.807) is 23.1 Å². The topological polar surface area (TPSA) is 84.8 Å². The molecule has 5 aromatic rings. The molecule has 0 radical (unpaired) electrons. The zero-order chi connectivity index (χ0) is 24.8. The van der Waals surface area contributed by atoms with E-state index in [1.807, 2.05) is 49.3 Å². The molecule has 0 amide bonds. The number of halogens is 2. The lowest BCUT2D eigenvalue weighted by molar-refractivity contribution is 0.0897. The maximum absolute atomic E-state index is 14.5. The summed E-state index contributed by atoms with van der Waals surface area (Å²) in [6, 6.07) is 9.26. The van der Waals surface area contributed by atoms with Crippen LogP contribution in [0.2, 0.25) is 5.02 Å². The average molecular weight is 506 g/mol. The van der Waals surface area contributed by atoms with E-state index in [2.05, 4.69) is 20.1 Å². The van der Waals surface area contributed by atoms with Crippen LogP contribution in [-0.2, 0) is 6.54 Å². The molecule has 1 saturated heterocycles. The van der Waals surface area contributed by atoms with E-state index in [0.29, 0.717) is 46.3 Å². The number of aromatic amines is 1. The number of hydrogen-bond donors (Lipinski definition) is 1. The fourth-order valence-corrected chi connectivity index (χ4v) is 4.94. The molecule has 1 fully saturated rings. The summed E-state index contributed by atoms with van der Waals surface area (Å²) in [6.45, 7) is 3.81. The third kappa shape index (κ3) is 4.40. The van der Waals surface area contributed by atoms with Crippen molar-refractivity contribution in [2.45, 2.75) is 26.1 Å². The van der Waals surface area contributed by atoms with Crippen molar-refractivity contribution in [2.75, 3.05) is 20.1 Å². The summed E-state index contributed by atoms with van der Waals surface area (Å²) in [5.41, 5.74) is 4.41. The van der Waals surface area contributed by atoms with Crippen LogP contribution in [0.4, 0.5) is 4.39 Å². The van der Waals surface area contributed by atoms with Crippen LogP contribution in [0.15, 0.2) is 48.9 Å². The van der Waals surface area contributed by atoms with Crippen molar-refractivity contribution in [2.24, 2.45) is 5.92 Å². The minimum absolute atomic E-state index is 0.0457. The zero-order valence-electron chi connectivity index (χ0n) is 19.9. The fourth-order valence-electron chi connectivity index (χ4n) is 4.70. The number of H-pyrrole nitrogens is 1. The Hall–Kier alpha value is -3.56. The first kappa shape index (κ1) is 22.9. The second-order valence-corrected chi connectivity index (χ2v) is 9.76. The van der Waals surface area contributed by atoms with E-state index < -0.39 is 6.17 Å². The van der Waals surface area contributed by atoms with Crippen LogP contribution in [0.5, 0.6) is 11.5 Å². The number of nitrogens with zero attached hydrogens (tertiary/aromatic N) is 6. The summed E-state index contributed by atoms with van der Waals surface area (Å²) in [5, 5.41) is 4.82. The van der Waals surface area contributed by atoms with Gasteiger partial charge in [-0.15, -0.1) is 0 Å². The second-order valence-electron chi connectivity index (χ2n) is 9.38. The quantitative estimate of drug-likeness (QED) is 0.343. The van der Waals surface area contributed by atoms with Gasteiger partial charge in [0, 0.05) is 36.8 Å². The summed E-state index contributed by atoms with van der Waals surface area (Å²) >= 11 is 6.72. The van der Waals surface area contributed by atoms with E-state index >= 15 is 0 Å². The molecule has 6 rings (SSSR count). The zero-order valence-corrected chi connectivity index (χ0v) is 20.7. The molecule has 3 aromatic heterocycles. The number of likely N-dealkylation sites (tertiary alicyclic amines) is 1. The fraction of sp³-hybridized carbons (Fsp3) is 0.308. The maximum atomic E-state index is 14.5. The summed E-state index contributed by atoms with van der Waals surface area (Å²) in [6.07, 6.45) is 5.27. The number of rotatable bonds is 5. The number of ether oxygens (including phenoxy) is 1. The first-order chi connectivity index (χ1) is 17.4. The van der Waals surface area contributed by atoms with Crippen LogP contribution in [0.25, 0.3) is 33.3 Å². The predicted octanol–water partition coefficient (Wildman–Crippen LogP) is 5.41. The first-order valence-corrected chi connectivity index (χ1v) is 12.3. The highest BCUT2D eigenvalue weighted by atomic mass is 35.5. The van der Waals surface area contributed by atoms with Gasteiger partial charge in [0.05, 0.1) is 34.6 Å². The molecule has 0 bridgehead atoms. The summed E-state index contributed by atoms with van der Waals surface area (Å²) in [5.74, 6) is 1.92. The number of benzene rings is 2. The van der Waals surface area contributed by atoms with Gasteiger partial charge in [-0.05, 0) is 51.2 Å². The summed E-state index contributed by atoms with van der Waals surface area (Å²) in [4.78, 5) is 19.0. The molecule has 1 aliphatic heterocycles. The van der Waals surface area contributed by atoms with Gasteiger partial charge in [-0.2, -0.15) is 5.10 Å². The Bertz CT molecular complexity index is 1570. The van der Waals surface area contributed by atoms with Crippen LogP contribution in [-0.4, -0.2) is 60.9 Å². The van der Waals surface area contributed by atoms with Crippen molar-refractivity contribution in [1.82, 2.24) is 34.6 Å². The molecule has 2 aromatic carbocycles. The van der Waals surface area contributed by atoms with Gasteiger partial charge in [0.1, 0.15) is 34.0 Å². The number of imidazole rings is 1. The van der Waals surface area contributed by atoms with Gasteiger partial charge < -0.3 is 14.6 Å². The molecule has 1 unspecified atom stereocenters. The van der Waals surface area contributed by atoms with Crippen molar-refractivity contribution >= 4 is 33.7 Å². The van der Waals surface area contributed by atoms with Crippen LogP contribution < -0.4 is 4.74 Å². The number of nitrogens with one attached hydrogen (secondary N) is 1. The average Bonchev–Trinajstić information content (AvgIpc) is 3.48. The molecule has 36 heavy (non-hydrogen) atoms. The monoisotopic (exact) mass is 505 g/mol. The van der Waals surface area contributed by atoms with E-state index in [-0.39, 0.29) is 5.92 Å². The minimum Gasteiger partial charge on any atom is -0.456 e. The molecule has 0 spiro atoms. The molecular weight excluding hydrogens is 481 g/mol. The normalized spacial score (nSPS) is 18.8. The highest BCUT2D eigenvalue weighted by Gasteiger charge is 2.28. The maximum Gasteiger partial charge on any atom is 0.148 e. The Kier molecular flexibility index (Phi) is 5.81. The molecule has 8 nitrogen and oxygen atoms in total. The molecule has 2 atom stereocenters. The van der Waals surface area contributed by atoms with E-state index in [1.165, 1.54) is 0 Å². The lowest BCUT2D eigenvalue weighted by Gasteiger charge is -2.32. The van der Waals surface area contributed by atoms with Crippen LogP contribution in [0, 0.1) is 12.8 Å². The van der Waals surface area contributed by atoms with Crippen LogP contribution >= 0.6 is 11.6 Å². The molecule has 1 aliphatic rings. The lowest BCUT2D eigenvalue weighted by Crippen LogP contribution is -2.41. The molecule has 184 valence electrons. The number of piperidine rings is 1. The first-order valence-electron chi connectivity index (χ1n) is 11.9. The molecule has 10 heteroatoms. The van der Waals surface area contributed by atoms with Gasteiger partial charge in [0.15, 0.2) is 0 Å². The number of alkyl halides is 1. The van der Waals surface area contributed by atoms with Gasteiger partial charge in [-0.1, -0.05) is 11.6 Å². The van der Waals surface area contributed by atoms with Crippen molar-refractivity contribution in [3.8, 4) is 22.8 Å². The summed E-state index contributed by atoms with van der Waals surface area (Å²) in [7, 11) is 1.95. The van der Waals surface area contributed by atoms with Crippen LogP contribution in [0.3, 0.4) is 0 Å². The Labute approximate surface area is 212 Å². The minimum atomic E-state index is -0.855. The third-order valence-corrected chi connectivity index (χ3v) is 7.01. The molecule has 4 heterocycles. The standard InChI is InChI=1S/C26H25ClFN7O/c1-15-31-20-4-3-18(9-22(20)32-15)36-24-6-5-21-26(25(24)27)33-23(11-29-21)17-10-30-35(13-17)12-16-7-8-34(2)14-19(16)28/h3-6,9-11,13,16,19H,7-8,12,14H2,1-2H3,(H,31,32)/t16?,19-/m0/s1. The van der Waals surface area contributed by atoms with Gasteiger partial charge in [0.2, 0.25) is 0 Å². The molecule has 0 saturated carbocycles. The van der Waals surface area contributed by atoms with Crippen molar-refractivity contribution in [1.29, 1.82) is 0 Å². The Balaban J connectivity index is 1.25. The van der Waals surface area contributed by atoms with E-state index in [4.69, 9.17) is 21.3 Å². The third-order valence-electron chi connectivity index (χ3n) is 6.65. The highest BCUT2D eigenvalue weighted by Crippen LogP contribution is 2.35. The number of aryl methyl sites for hydroxylation is 1. The van der Waals surface area contributed by atoms with Gasteiger partial charge in [-0.3, -0.25) is 9.67 Å². The molecular formula is C26H25ClFN7O.